The Labute approximate surface area is 155 Å². The number of H-pyrrole nitrogens is 1. The van der Waals surface area contributed by atoms with Crippen LogP contribution in [-0.4, -0.2) is 32.5 Å². The molecule has 3 heterocycles. The Morgan fingerprint density at radius 3 is 2.93 bits per heavy atom. The number of carbonyl (C=O) groups is 1. The van der Waals surface area contributed by atoms with Crippen LogP contribution in [0.1, 0.15) is 35.1 Å². The Balaban J connectivity index is 1.43. The van der Waals surface area contributed by atoms with E-state index in [1.54, 1.807) is 0 Å². The summed E-state index contributed by atoms with van der Waals surface area (Å²) >= 11 is 0. The predicted octanol–water partition coefficient (Wildman–Crippen LogP) is 4.20. The van der Waals surface area contributed by atoms with Gasteiger partial charge in [0.2, 0.25) is 11.7 Å². The van der Waals surface area contributed by atoms with Crippen molar-refractivity contribution in [3.8, 4) is 11.4 Å². The van der Waals surface area contributed by atoms with E-state index in [9.17, 15) is 4.79 Å². The zero-order valence-corrected chi connectivity index (χ0v) is 14.6. The number of hydrogen-bond acceptors (Lipinski definition) is 4. The molecule has 5 rings (SSSR count). The Bertz CT molecular complexity index is 1100. The van der Waals surface area contributed by atoms with Crippen LogP contribution in [-0.2, 0) is 0 Å². The molecule has 1 aliphatic heterocycles. The maximum absolute atomic E-state index is 13.1. The maximum Gasteiger partial charge on any atom is 0.254 e. The highest BCUT2D eigenvalue weighted by molar-refractivity contribution is 5.98. The molecule has 1 amide bonds. The van der Waals surface area contributed by atoms with E-state index in [4.69, 9.17) is 4.52 Å². The van der Waals surface area contributed by atoms with Gasteiger partial charge in [0, 0.05) is 34.8 Å². The van der Waals surface area contributed by atoms with Gasteiger partial charge in [0.1, 0.15) is 6.04 Å². The van der Waals surface area contributed by atoms with Crippen molar-refractivity contribution < 1.29 is 9.32 Å². The highest BCUT2D eigenvalue weighted by Gasteiger charge is 2.34. The van der Waals surface area contributed by atoms with Crippen LogP contribution in [0.5, 0.6) is 0 Å². The van der Waals surface area contributed by atoms with Crippen molar-refractivity contribution in [1.82, 2.24) is 20.0 Å². The molecule has 1 atom stereocenters. The van der Waals surface area contributed by atoms with E-state index in [-0.39, 0.29) is 11.9 Å². The highest BCUT2D eigenvalue weighted by Crippen LogP contribution is 2.33. The molecule has 0 spiro atoms. The summed E-state index contributed by atoms with van der Waals surface area (Å²) in [6, 6.07) is 17.2. The number of nitrogens with one attached hydrogen (secondary N) is 1. The second kappa shape index (κ2) is 6.39. The number of aromatic nitrogens is 3. The zero-order valence-electron chi connectivity index (χ0n) is 14.6. The van der Waals surface area contributed by atoms with Crippen LogP contribution in [0.3, 0.4) is 0 Å². The number of aromatic amines is 1. The third-order valence-corrected chi connectivity index (χ3v) is 5.07. The Kier molecular flexibility index (Phi) is 3.74. The summed E-state index contributed by atoms with van der Waals surface area (Å²) in [5, 5.41) is 5.13. The van der Waals surface area contributed by atoms with Crippen molar-refractivity contribution in [3.63, 3.8) is 0 Å². The van der Waals surface area contributed by atoms with Crippen LogP contribution >= 0.6 is 0 Å². The first-order valence-electron chi connectivity index (χ1n) is 9.07. The molecule has 2 aromatic heterocycles. The Hall–Kier alpha value is -3.41. The molecule has 6 nitrogen and oxygen atoms in total. The van der Waals surface area contributed by atoms with Gasteiger partial charge in [-0.25, -0.2) is 0 Å². The van der Waals surface area contributed by atoms with Crippen molar-refractivity contribution in [1.29, 1.82) is 0 Å². The van der Waals surface area contributed by atoms with Crippen molar-refractivity contribution in [2.24, 2.45) is 0 Å². The normalized spacial score (nSPS) is 16.9. The van der Waals surface area contributed by atoms with Gasteiger partial charge >= 0.3 is 0 Å². The third kappa shape index (κ3) is 2.79. The summed E-state index contributed by atoms with van der Waals surface area (Å²) < 4.78 is 5.52. The molecule has 134 valence electrons. The van der Waals surface area contributed by atoms with Crippen molar-refractivity contribution >= 4 is 16.8 Å². The van der Waals surface area contributed by atoms with Gasteiger partial charge in [0.25, 0.3) is 5.91 Å². The molecule has 2 aromatic carbocycles. The number of nitrogens with zero attached hydrogens (tertiary/aromatic N) is 3. The minimum atomic E-state index is -0.176. The first-order valence-corrected chi connectivity index (χ1v) is 9.07. The van der Waals surface area contributed by atoms with Crippen molar-refractivity contribution in [3.05, 3.63) is 72.2 Å². The molecule has 1 unspecified atom stereocenters. The van der Waals surface area contributed by atoms with E-state index in [1.807, 2.05) is 65.7 Å². The number of hydrogen-bond donors (Lipinski definition) is 1. The van der Waals surface area contributed by atoms with Crippen LogP contribution < -0.4 is 0 Å². The second-order valence-corrected chi connectivity index (χ2v) is 6.76. The van der Waals surface area contributed by atoms with Gasteiger partial charge in [-0.15, -0.1) is 0 Å². The quantitative estimate of drug-likeness (QED) is 0.596. The maximum atomic E-state index is 13.1. The van der Waals surface area contributed by atoms with Crippen molar-refractivity contribution in [2.75, 3.05) is 6.54 Å². The highest BCUT2D eigenvalue weighted by atomic mass is 16.5. The van der Waals surface area contributed by atoms with E-state index in [0.29, 0.717) is 23.8 Å². The standard InChI is InChI=1S/C21H18N4O2/c26-21(16-8-9-17-15(13-16)10-11-22-17)25-12-4-7-18(25)20-23-19(24-27-20)14-5-2-1-3-6-14/h1-3,5-6,8-11,13,18,22H,4,7,12H2. The molecule has 1 saturated heterocycles. The molecule has 0 radical (unpaired) electrons. The molecule has 4 aromatic rings. The van der Waals surface area contributed by atoms with E-state index < -0.39 is 0 Å². The van der Waals surface area contributed by atoms with E-state index in [0.717, 1.165) is 29.3 Å². The van der Waals surface area contributed by atoms with E-state index in [1.165, 1.54) is 0 Å². The molecule has 1 aliphatic rings. The molecule has 27 heavy (non-hydrogen) atoms. The number of amides is 1. The zero-order chi connectivity index (χ0) is 18.2. The smallest absolute Gasteiger partial charge is 0.254 e. The lowest BCUT2D eigenvalue weighted by atomic mass is 10.1. The van der Waals surface area contributed by atoms with Crippen LogP contribution in [0.15, 0.2) is 65.3 Å². The average molecular weight is 358 g/mol. The third-order valence-electron chi connectivity index (χ3n) is 5.07. The molecule has 1 fully saturated rings. The molecule has 6 heteroatoms. The van der Waals surface area contributed by atoms with E-state index >= 15 is 0 Å². The van der Waals surface area contributed by atoms with Crippen LogP contribution in [0.4, 0.5) is 0 Å². The Morgan fingerprint density at radius 1 is 1.15 bits per heavy atom. The minimum absolute atomic E-state index is 0.0000566. The fourth-order valence-corrected chi connectivity index (χ4v) is 3.69. The summed E-state index contributed by atoms with van der Waals surface area (Å²) in [6.45, 7) is 0.692. The molecule has 0 saturated carbocycles. The SMILES string of the molecule is O=C(c1ccc2[nH]ccc2c1)N1CCCC1c1nc(-c2ccccc2)no1. The molecular formula is C21H18N4O2. The molecule has 0 aliphatic carbocycles. The molecular weight excluding hydrogens is 340 g/mol. The minimum Gasteiger partial charge on any atom is -0.361 e. The van der Waals surface area contributed by atoms with E-state index in [2.05, 4.69) is 15.1 Å². The van der Waals surface area contributed by atoms with Gasteiger partial charge in [-0.2, -0.15) is 4.98 Å². The summed E-state index contributed by atoms with van der Waals surface area (Å²) in [4.78, 5) is 22.6. The lowest BCUT2D eigenvalue weighted by Gasteiger charge is -2.22. The first kappa shape index (κ1) is 15.8. The fourth-order valence-electron chi connectivity index (χ4n) is 3.69. The van der Waals surface area contributed by atoms with Crippen LogP contribution in [0.2, 0.25) is 0 Å². The Morgan fingerprint density at radius 2 is 2.04 bits per heavy atom. The summed E-state index contributed by atoms with van der Waals surface area (Å²) in [5.41, 5.74) is 2.60. The molecule has 1 N–H and O–H groups in total. The number of fused-ring (bicyclic) bond motifs is 1. The van der Waals surface area contributed by atoms with Crippen molar-refractivity contribution in [2.45, 2.75) is 18.9 Å². The lowest BCUT2D eigenvalue weighted by Crippen LogP contribution is -2.30. The number of carbonyl (C=O) groups excluding carboxylic acids is 1. The number of rotatable bonds is 3. The topological polar surface area (TPSA) is 75.0 Å². The largest absolute Gasteiger partial charge is 0.361 e. The fraction of sp³-hybridized carbons (Fsp3) is 0.190. The summed E-state index contributed by atoms with van der Waals surface area (Å²) in [7, 11) is 0. The number of likely N-dealkylation sites (tertiary alicyclic amines) is 1. The van der Waals surface area contributed by atoms with Gasteiger partial charge in [0.15, 0.2) is 0 Å². The van der Waals surface area contributed by atoms with Gasteiger partial charge in [0.05, 0.1) is 0 Å². The monoisotopic (exact) mass is 358 g/mol. The summed E-state index contributed by atoms with van der Waals surface area (Å²) in [5.74, 6) is 1.06. The average Bonchev–Trinajstić information content (AvgIpc) is 3.47. The van der Waals surface area contributed by atoms with Gasteiger partial charge in [-0.05, 0) is 37.1 Å². The molecule has 0 bridgehead atoms. The van der Waals surface area contributed by atoms with Crippen LogP contribution in [0, 0.1) is 0 Å². The lowest BCUT2D eigenvalue weighted by molar-refractivity contribution is 0.0710. The van der Waals surface area contributed by atoms with Gasteiger partial charge < -0.3 is 14.4 Å². The number of benzene rings is 2. The van der Waals surface area contributed by atoms with Gasteiger partial charge in [-0.1, -0.05) is 35.5 Å². The van der Waals surface area contributed by atoms with Crippen LogP contribution in [0.25, 0.3) is 22.3 Å². The summed E-state index contributed by atoms with van der Waals surface area (Å²) in [6.07, 6.45) is 3.63. The first-order chi connectivity index (χ1) is 13.3. The second-order valence-electron chi connectivity index (χ2n) is 6.76. The van der Waals surface area contributed by atoms with Gasteiger partial charge in [-0.3, -0.25) is 4.79 Å². The predicted molar refractivity (Wildman–Crippen MR) is 101 cm³/mol.